The summed E-state index contributed by atoms with van der Waals surface area (Å²) in [5.41, 5.74) is 0. The van der Waals surface area contributed by atoms with Crippen LogP contribution in [-0.2, 0) is 16.6 Å². The van der Waals surface area contributed by atoms with Crippen molar-refractivity contribution in [3.63, 3.8) is 0 Å². The third kappa shape index (κ3) is 5.45. The predicted octanol–water partition coefficient (Wildman–Crippen LogP) is 1.35. The first kappa shape index (κ1) is 17.6. The van der Waals surface area contributed by atoms with Gasteiger partial charge in [-0.05, 0) is 37.7 Å². The summed E-state index contributed by atoms with van der Waals surface area (Å²) in [5.74, 6) is 2.01. The van der Waals surface area contributed by atoms with Crippen LogP contribution >= 0.6 is 23.1 Å². The van der Waals surface area contributed by atoms with E-state index < -0.39 is 10.0 Å². The fraction of sp³-hybridized carbons (Fsp3) is 0.615. The van der Waals surface area contributed by atoms with E-state index in [2.05, 4.69) is 15.6 Å². The van der Waals surface area contributed by atoms with Gasteiger partial charge >= 0.3 is 0 Å². The van der Waals surface area contributed by atoms with Gasteiger partial charge in [-0.15, -0.1) is 11.3 Å². The van der Waals surface area contributed by atoms with E-state index in [9.17, 15) is 8.42 Å². The molecule has 0 spiro atoms. The topological polar surface area (TPSA) is 96.6 Å². The smallest absolute Gasteiger partial charge is 0.247 e. The Kier molecular flexibility index (Phi) is 6.54. The fourth-order valence-corrected chi connectivity index (χ4v) is 5.02. The summed E-state index contributed by atoms with van der Waals surface area (Å²) in [6, 6.07) is 3.28. The average Bonchev–Trinajstić information content (AvgIpc) is 3.12. The number of guanidine groups is 1. The van der Waals surface area contributed by atoms with Crippen molar-refractivity contribution in [2.75, 3.05) is 18.8 Å². The van der Waals surface area contributed by atoms with Crippen LogP contribution in [0.5, 0.6) is 0 Å². The second-order valence-electron chi connectivity index (χ2n) is 4.98. The molecule has 124 valence electrons. The zero-order valence-corrected chi connectivity index (χ0v) is 15.0. The highest BCUT2D eigenvalue weighted by molar-refractivity contribution is 8.00. The van der Waals surface area contributed by atoms with Crippen molar-refractivity contribution in [2.45, 2.75) is 35.8 Å². The maximum absolute atomic E-state index is 11.3. The maximum atomic E-state index is 11.3. The number of hydrogen-bond donors (Lipinski definition) is 3. The van der Waals surface area contributed by atoms with Crippen LogP contribution in [0.1, 0.15) is 24.6 Å². The van der Waals surface area contributed by atoms with Crippen molar-refractivity contribution in [1.29, 1.82) is 0 Å². The first-order valence-electron chi connectivity index (χ1n) is 7.24. The monoisotopic (exact) mass is 362 g/mol. The first-order chi connectivity index (χ1) is 10.5. The van der Waals surface area contributed by atoms with Gasteiger partial charge in [0.25, 0.3) is 0 Å². The largest absolute Gasteiger partial charge is 0.357 e. The van der Waals surface area contributed by atoms with Gasteiger partial charge in [0.15, 0.2) is 5.96 Å². The summed E-state index contributed by atoms with van der Waals surface area (Å²) in [4.78, 5) is 5.37. The van der Waals surface area contributed by atoms with Crippen molar-refractivity contribution in [1.82, 2.24) is 10.6 Å². The van der Waals surface area contributed by atoms with E-state index in [1.165, 1.54) is 24.7 Å². The highest BCUT2D eigenvalue weighted by Gasteiger charge is 2.15. The molecule has 0 aliphatic carbocycles. The van der Waals surface area contributed by atoms with E-state index in [4.69, 9.17) is 5.14 Å². The number of hydrogen-bond acceptors (Lipinski definition) is 5. The van der Waals surface area contributed by atoms with E-state index in [1.807, 2.05) is 18.7 Å². The number of nitrogens with two attached hydrogens (primary N) is 1. The lowest BCUT2D eigenvalue weighted by atomic mass is 10.2. The molecule has 1 unspecified atom stereocenters. The molecule has 2 rings (SSSR count). The van der Waals surface area contributed by atoms with Gasteiger partial charge in [-0.3, -0.25) is 0 Å². The minimum absolute atomic E-state index is 0.179. The summed E-state index contributed by atoms with van der Waals surface area (Å²) >= 11 is 3.16. The second kappa shape index (κ2) is 8.19. The van der Waals surface area contributed by atoms with E-state index in [0.717, 1.165) is 35.3 Å². The van der Waals surface area contributed by atoms with Crippen molar-refractivity contribution < 1.29 is 8.42 Å². The minimum atomic E-state index is -3.62. The second-order valence-corrected chi connectivity index (χ2v) is 9.34. The molecule has 0 bridgehead atoms. The standard InChI is InChI=1S/C13H22N4O2S3/c1-2-15-13(16-8-10-4-3-7-20-10)17-9-11-5-6-12(21-11)22(14,18)19/h5-6,10H,2-4,7-9H2,1H3,(H2,14,18,19)(H2,15,16,17). The van der Waals surface area contributed by atoms with Gasteiger partial charge in [-0.25, -0.2) is 18.5 Å². The van der Waals surface area contributed by atoms with Crippen LogP contribution in [0.4, 0.5) is 0 Å². The third-order valence-electron chi connectivity index (χ3n) is 3.18. The zero-order chi connectivity index (χ0) is 16.0. The van der Waals surface area contributed by atoms with Crippen LogP contribution in [0, 0.1) is 0 Å². The molecule has 6 nitrogen and oxygen atoms in total. The average molecular weight is 363 g/mol. The molecule has 1 aromatic heterocycles. The maximum Gasteiger partial charge on any atom is 0.247 e. The quantitative estimate of drug-likeness (QED) is 0.524. The number of thiophene rings is 1. The Labute approximate surface area is 140 Å². The molecule has 9 heteroatoms. The zero-order valence-electron chi connectivity index (χ0n) is 12.5. The number of nitrogens with zero attached hydrogens (tertiary/aromatic N) is 1. The number of rotatable bonds is 6. The van der Waals surface area contributed by atoms with Crippen molar-refractivity contribution in [3.05, 3.63) is 17.0 Å². The third-order valence-corrected chi connectivity index (χ3v) is 7.08. The highest BCUT2D eigenvalue weighted by Crippen LogP contribution is 2.25. The molecule has 1 aromatic rings. The van der Waals surface area contributed by atoms with Gasteiger partial charge in [0.2, 0.25) is 10.0 Å². The van der Waals surface area contributed by atoms with Gasteiger partial charge in [-0.1, -0.05) is 0 Å². The minimum Gasteiger partial charge on any atom is -0.357 e. The van der Waals surface area contributed by atoms with Gasteiger partial charge in [0, 0.05) is 23.2 Å². The number of nitrogens with one attached hydrogen (secondary N) is 2. The summed E-state index contributed by atoms with van der Waals surface area (Å²) < 4.78 is 22.7. The molecule has 22 heavy (non-hydrogen) atoms. The van der Waals surface area contributed by atoms with Crippen LogP contribution in [0.3, 0.4) is 0 Å². The van der Waals surface area contributed by atoms with E-state index in [0.29, 0.717) is 11.8 Å². The molecule has 1 fully saturated rings. The highest BCUT2D eigenvalue weighted by atomic mass is 32.2. The molecule has 2 heterocycles. The molecule has 0 amide bonds. The van der Waals surface area contributed by atoms with E-state index in [1.54, 1.807) is 6.07 Å². The van der Waals surface area contributed by atoms with E-state index in [-0.39, 0.29) is 4.21 Å². The lowest BCUT2D eigenvalue weighted by Gasteiger charge is -2.14. The molecule has 4 N–H and O–H groups in total. The molecular formula is C13H22N4O2S3. The predicted molar refractivity (Wildman–Crippen MR) is 94.0 cm³/mol. The summed E-state index contributed by atoms with van der Waals surface area (Å²) in [6.07, 6.45) is 2.54. The Hall–Kier alpha value is -0.770. The van der Waals surface area contributed by atoms with Crippen molar-refractivity contribution in [3.8, 4) is 0 Å². The molecule has 1 atom stereocenters. The fourth-order valence-electron chi connectivity index (χ4n) is 2.11. The van der Waals surface area contributed by atoms with Crippen LogP contribution in [-0.4, -0.2) is 38.5 Å². The Morgan fingerprint density at radius 2 is 2.27 bits per heavy atom. The van der Waals surface area contributed by atoms with Crippen molar-refractivity contribution in [2.24, 2.45) is 10.1 Å². The number of thioether (sulfide) groups is 1. The Morgan fingerprint density at radius 3 is 2.86 bits per heavy atom. The molecule has 1 saturated heterocycles. The van der Waals surface area contributed by atoms with Gasteiger partial charge in [0.05, 0.1) is 6.54 Å². The number of primary sulfonamides is 1. The number of aliphatic imine (C=N–C) groups is 1. The molecule has 0 radical (unpaired) electrons. The summed E-state index contributed by atoms with van der Waals surface area (Å²) in [6.45, 7) is 4.15. The Balaban J connectivity index is 1.92. The Morgan fingerprint density at radius 1 is 1.45 bits per heavy atom. The van der Waals surface area contributed by atoms with Gasteiger partial charge < -0.3 is 10.6 Å². The number of sulfonamides is 1. The van der Waals surface area contributed by atoms with Crippen LogP contribution in [0.2, 0.25) is 0 Å². The van der Waals surface area contributed by atoms with Crippen molar-refractivity contribution >= 4 is 39.1 Å². The normalized spacial score (nSPS) is 19.4. The molecule has 0 saturated carbocycles. The summed E-state index contributed by atoms with van der Waals surface area (Å²) in [7, 11) is -3.62. The van der Waals surface area contributed by atoms with Crippen LogP contribution in [0.25, 0.3) is 0 Å². The van der Waals surface area contributed by atoms with Gasteiger partial charge in [0.1, 0.15) is 4.21 Å². The van der Waals surface area contributed by atoms with Crippen LogP contribution in [0.15, 0.2) is 21.3 Å². The molecule has 0 aromatic carbocycles. The summed E-state index contributed by atoms with van der Waals surface area (Å²) in [5, 5.41) is 12.3. The van der Waals surface area contributed by atoms with Gasteiger partial charge in [-0.2, -0.15) is 11.8 Å². The van der Waals surface area contributed by atoms with E-state index >= 15 is 0 Å². The lowest BCUT2D eigenvalue weighted by molar-refractivity contribution is 0.600. The van der Waals surface area contributed by atoms with Crippen LogP contribution < -0.4 is 15.8 Å². The molecule has 1 aliphatic heterocycles. The molecule has 1 aliphatic rings. The lowest BCUT2D eigenvalue weighted by Crippen LogP contribution is -2.40. The molecular weight excluding hydrogens is 340 g/mol. The Bertz CT molecular complexity index is 607. The first-order valence-corrected chi connectivity index (χ1v) is 10.7. The SMILES string of the molecule is CCNC(=NCc1ccc(S(N)(=O)=O)s1)NCC1CCCS1.